The SMILES string of the molecule is Fc1ccc(C2CC(c3ccc(F)cc3)Sc3ccccc3N2)cc1. The average molecular weight is 353 g/mol. The zero-order valence-electron chi connectivity index (χ0n) is 13.5. The van der Waals surface area contributed by atoms with Crippen molar-refractivity contribution < 1.29 is 8.78 Å². The van der Waals surface area contributed by atoms with Crippen LogP contribution >= 0.6 is 11.8 Å². The van der Waals surface area contributed by atoms with Crippen molar-refractivity contribution in [3.63, 3.8) is 0 Å². The molecule has 0 spiro atoms. The van der Waals surface area contributed by atoms with Crippen molar-refractivity contribution in [1.82, 2.24) is 0 Å². The fraction of sp³-hybridized carbons (Fsp3) is 0.143. The van der Waals surface area contributed by atoms with Gasteiger partial charge in [-0.3, -0.25) is 0 Å². The van der Waals surface area contributed by atoms with E-state index in [9.17, 15) is 8.78 Å². The second-order valence-electron chi connectivity index (χ2n) is 6.14. The lowest BCUT2D eigenvalue weighted by Gasteiger charge is -2.21. The number of nitrogens with one attached hydrogen (secondary N) is 1. The summed E-state index contributed by atoms with van der Waals surface area (Å²) in [6, 6.07) is 21.6. The van der Waals surface area contributed by atoms with Crippen molar-refractivity contribution in [2.45, 2.75) is 22.6 Å². The standard InChI is InChI=1S/C21H17F2NS/c22-16-9-5-14(6-10-16)19-13-21(15-7-11-17(23)12-8-15)25-20-4-2-1-3-18(20)24-19/h1-12,19,21,24H,13H2. The van der Waals surface area contributed by atoms with Crippen LogP contribution in [0.5, 0.6) is 0 Å². The average Bonchev–Trinajstić information content (AvgIpc) is 2.82. The molecule has 1 aliphatic heterocycles. The molecule has 2 unspecified atom stereocenters. The molecule has 4 rings (SSSR count). The maximum absolute atomic E-state index is 13.3. The molecule has 0 saturated heterocycles. The number of hydrogen-bond acceptors (Lipinski definition) is 2. The molecule has 0 bridgehead atoms. The third kappa shape index (κ3) is 3.54. The summed E-state index contributed by atoms with van der Waals surface area (Å²) in [7, 11) is 0. The van der Waals surface area contributed by atoms with Gasteiger partial charge >= 0.3 is 0 Å². The van der Waals surface area contributed by atoms with E-state index in [0.717, 1.165) is 23.2 Å². The molecule has 0 amide bonds. The summed E-state index contributed by atoms with van der Waals surface area (Å²) in [5, 5.41) is 3.78. The summed E-state index contributed by atoms with van der Waals surface area (Å²) in [6.07, 6.45) is 0.830. The third-order valence-electron chi connectivity index (χ3n) is 4.45. The van der Waals surface area contributed by atoms with Crippen LogP contribution in [0.1, 0.15) is 28.8 Å². The summed E-state index contributed by atoms with van der Waals surface area (Å²) in [4.78, 5) is 1.17. The highest BCUT2D eigenvalue weighted by Crippen LogP contribution is 2.47. The van der Waals surface area contributed by atoms with E-state index < -0.39 is 0 Å². The van der Waals surface area contributed by atoms with Gasteiger partial charge in [0.05, 0.1) is 6.04 Å². The summed E-state index contributed by atoms with van der Waals surface area (Å²) >= 11 is 1.78. The molecule has 4 heteroatoms. The van der Waals surface area contributed by atoms with E-state index in [1.165, 1.54) is 29.2 Å². The van der Waals surface area contributed by atoms with Gasteiger partial charge in [-0.1, -0.05) is 36.4 Å². The van der Waals surface area contributed by atoms with E-state index in [4.69, 9.17) is 0 Å². The Morgan fingerprint density at radius 3 is 2.04 bits per heavy atom. The quantitative estimate of drug-likeness (QED) is 0.576. The highest BCUT2D eigenvalue weighted by molar-refractivity contribution is 7.99. The fourth-order valence-electron chi connectivity index (χ4n) is 3.15. The van der Waals surface area contributed by atoms with Gasteiger partial charge in [0.15, 0.2) is 0 Å². The van der Waals surface area contributed by atoms with Crippen LogP contribution in [0, 0.1) is 11.6 Å². The highest BCUT2D eigenvalue weighted by atomic mass is 32.2. The van der Waals surface area contributed by atoms with Crippen LogP contribution < -0.4 is 5.32 Å². The van der Waals surface area contributed by atoms with Crippen molar-refractivity contribution in [1.29, 1.82) is 0 Å². The summed E-state index contributed by atoms with van der Waals surface area (Å²) < 4.78 is 26.6. The van der Waals surface area contributed by atoms with Gasteiger partial charge in [-0.25, -0.2) is 8.78 Å². The van der Waals surface area contributed by atoms with Crippen LogP contribution in [0.15, 0.2) is 77.7 Å². The molecule has 3 aromatic rings. The Bertz CT molecular complexity index is 789. The topological polar surface area (TPSA) is 12.0 Å². The smallest absolute Gasteiger partial charge is 0.123 e. The Morgan fingerprint density at radius 2 is 1.36 bits per heavy atom. The van der Waals surface area contributed by atoms with Crippen molar-refractivity contribution in [2.24, 2.45) is 0 Å². The predicted molar refractivity (Wildman–Crippen MR) is 98.8 cm³/mol. The number of fused-ring (bicyclic) bond motifs is 1. The zero-order valence-corrected chi connectivity index (χ0v) is 14.3. The van der Waals surface area contributed by atoms with Crippen molar-refractivity contribution in [3.05, 3.63) is 95.6 Å². The lowest BCUT2D eigenvalue weighted by molar-refractivity contribution is 0.622. The number of halogens is 2. The van der Waals surface area contributed by atoms with Gasteiger partial charge in [-0.2, -0.15) is 0 Å². The van der Waals surface area contributed by atoms with Crippen molar-refractivity contribution >= 4 is 17.4 Å². The van der Waals surface area contributed by atoms with Gasteiger partial charge in [-0.05, 0) is 53.9 Å². The first-order chi connectivity index (χ1) is 12.2. The fourth-order valence-corrected chi connectivity index (χ4v) is 4.45. The summed E-state index contributed by atoms with van der Waals surface area (Å²) in [5.74, 6) is -0.460. The van der Waals surface area contributed by atoms with Gasteiger partial charge in [0.1, 0.15) is 11.6 Å². The maximum Gasteiger partial charge on any atom is 0.123 e. The number of benzene rings is 3. The molecule has 0 fully saturated rings. The molecule has 2 atom stereocenters. The van der Waals surface area contributed by atoms with Crippen LogP contribution in [0.2, 0.25) is 0 Å². The van der Waals surface area contributed by atoms with E-state index >= 15 is 0 Å². The largest absolute Gasteiger partial charge is 0.377 e. The van der Waals surface area contributed by atoms with Gasteiger partial charge in [0.2, 0.25) is 0 Å². The molecule has 1 N–H and O–H groups in total. The van der Waals surface area contributed by atoms with E-state index in [-0.39, 0.29) is 22.9 Å². The molecule has 0 aromatic heterocycles. The zero-order chi connectivity index (χ0) is 17.2. The maximum atomic E-state index is 13.3. The first-order valence-corrected chi connectivity index (χ1v) is 9.10. The normalized spacial score (nSPS) is 19.6. The highest BCUT2D eigenvalue weighted by Gasteiger charge is 2.26. The molecule has 3 aromatic carbocycles. The van der Waals surface area contributed by atoms with Crippen molar-refractivity contribution in [2.75, 3.05) is 5.32 Å². The first kappa shape index (κ1) is 16.2. The van der Waals surface area contributed by atoms with Gasteiger partial charge in [-0.15, -0.1) is 11.8 Å². The summed E-state index contributed by atoms with van der Waals surface area (Å²) in [5.41, 5.74) is 3.22. The molecular formula is C21H17F2NS. The lowest BCUT2D eigenvalue weighted by Crippen LogP contribution is -2.12. The Labute approximate surface area is 150 Å². The lowest BCUT2D eigenvalue weighted by atomic mass is 9.98. The van der Waals surface area contributed by atoms with E-state index in [1.807, 2.05) is 36.4 Å². The molecule has 25 heavy (non-hydrogen) atoms. The number of rotatable bonds is 2. The minimum atomic E-state index is -0.234. The Kier molecular flexibility index (Phi) is 4.45. The number of hydrogen-bond donors (Lipinski definition) is 1. The van der Waals surface area contributed by atoms with Crippen molar-refractivity contribution in [3.8, 4) is 0 Å². The molecule has 0 aliphatic carbocycles. The monoisotopic (exact) mass is 353 g/mol. The van der Waals surface area contributed by atoms with Crippen LogP contribution in [0.4, 0.5) is 14.5 Å². The van der Waals surface area contributed by atoms with Crippen LogP contribution in [0.3, 0.4) is 0 Å². The van der Waals surface area contributed by atoms with Gasteiger partial charge < -0.3 is 5.32 Å². The molecular weight excluding hydrogens is 336 g/mol. The minimum Gasteiger partial charge on any atom is -0.377 e. The van der Waals surface area contributed by atoms with E-state index in [1.54, 1.807) is 11.8 Å². The van der Waals surface area contributed by atoms with Gasteiger partial charge in [0.25, 0.3) is 0 Å². The molecule has 126 valence electrons. The van der Waals surface area contributed by atoms with Crippen LogP contribution in [0.25, 0.3) is 0 Å². The Morgan fingerprint density at radius 1 is 0.760 bits per heavy atom. The third-order valence-corrected chi connectivity index (χ3v) is 5.81. The number of thioether (sulfide) groups is 1. The van der Waals surface area contributed by atoms with E-state index in [0.29, 0.717) is 0 Å². The Hall–Kier alpha value is -2.33. The van der Waals surface area contributed by atoms with Crippen LogP contribution in [-0.2, 0) is 0 Å². The second-order valence-corrected chi connectivity index (χ2v) is 7.38. The molecule has 0 radical (unpaired) electrons. The molecule has 1 aliphatic rings. The number of para-hydroxylation sites is 1. The number of anilines is 1. The Balaban J connectivity index is 1.72. The minimum absolute atomic E-state index is 0.0619. The molecule has 1 nitrogen and oxygen atoms in total. The molecule has 0 saturated carbocycles. The van der Waals surface area contributed by atoms with Gasteiger partial charge in [0, 0.05) is 15.8 Å². The predicted octanol–water partition coefficient (Wildman–Crippen LogP) is 6.36. The first-order valence-electron chi connectivity index (χ1n) is 8.22. The summed E-state index contributed by atoms with van der Waals surface area (Å²) in [6.45, 7) is 0. The van der Waals surface area contributed by atoms with E-state index in [2.05, 4.69) is 17.4 Å². The second kappa shape index (κ2) is 6.89. The van der Waals surface area contributed by atoms with Crippen LogP contribution in [-0.4, -0.2) is 0 Å². The molecule has 1 heterocycles.